The van der Waals surface area contributed by atoms with Crippen LogP contribution in [0.25, 0.3) is 0 Å². The molecule has 0 aromatic carbocycles. The molecule has 0 spiro atoms. The van der Waals surface area contributed by atoms with Gasteiger partial charge in [-0.3, -0.25) is 4.79 Å². The number of carbonyl (C=O) groups is 1. The summed E-state index contributed by atoms with van der Waals surface area (Å²) in [4.78, 5) is 10.1. The molecule has 0 rings (SSSR count). The largest absolute Gasteiger partial charge is 0.481 e. The summed E-state index contributed by atoms with van der Waals surface area (Å²) in [5.41, 5.74) is 0. The normalized spacial score (nSPS) is 15.3. The minimum atomic E-state index is -1.12. The number of aliphatic hydroxyl groups excluding tert-OH is 3. The Labute approximate surface area is 76.6 Å². The van der Waals surface area contributed by atoms with Gasteiger partial charge in [0.05, 0.1) is 12.7 Å². The van der Waals surface area contributed by atoms with Gasteiger partial charge in [0.2, 0.25) is 0 Å². The maximum Gasteiger partial charge on any atom is 0.303 e. The van der Waals surface area contributed by atoms with Gasteiger partial charge < -0.3 is 20.4 Å². The second-order valence-corrected chi connectivity index (χ2v) is 2.96. The van der Waals surface area contributed by atoms with Gasteiger partial charge in [-0.05, 0) is 12.8 Å². The van der Waals surface area contributed by atoms with E-state index >= 15 is 0 Å². The number of carboxylic acid groups (broad SMARTS) is 1. The molecule has 2 atom stereocenters. The molecule has 0 heterocycles. The lowest BCUT2D eigenvalue weighted by Crippen LogP contribution is -2.29. The van der Waals surface area contributed by atoms with Crippen molar-refractivity contribution in [3.05, 3.63) is 0 Å². The molecule has 0 aliphatic rings. The minimum absolute atomic E-state index is 0.0714. The van der Waals surface area contributed by atoms with Crippen LogP contribution in [0.3, 0.4) is 0 Å². The highest BCUT2D eigenvalue weighted by molar-refractivity contribution is 5.66. The number of hydrogen-bond acceptors (Lipinski definition) is 4. The smallest absolute Gasteiger partial charge is 0.303 e. The number of rotatable bonds is 7. The number of unbranched alkanes of at least 4 members (excludes halogenated alkanes) is 1. The summed E-state index contributed by atoms with van der Waals surface area (Å²) in [6, 6.07) is 0. The Morgan fingerprint density at radius 2 is 1.77 bits per heavy atom. The number of hydrogen-bond donors (Lipinski definition) is 4. The summed E-state index contributed by atoms with van der Waals surface area (Å²) < 4.78 is 0. The summed E-state index contributed by atoms with van der Waals surface area (Å²) in [7, 11) is 0. The molecule has 5 heteroatoms. The zero-order valence-electron chi connectivity index (χ0n) is 7.39. The summed E-state index contributed by atoms with van der Waals surface area (Å²) in [6.07, 6.45) is -0.685. The van der Waals surface area contributed by atoms with Crippen molar-refractivity contribution in [2.24, 2.45) is 0 Å². The van der Waals surface area contributed by atoms with Crippen LogP contribution in [0.4, 0.5) is 0 Å². The molecule has 0 aliphatic heterocycles. The molecule has 0 saturated heterocycles. The van der Waals surface area contributed by atoms with Gasteiger partial charge in [0.25, 0.3) is 0 Å². The van der Waals surface area contributed by atoms with Crippen molar-refractivity contribution in [3.8, 4) is 0 Å². The number of aliphatic carboxylic acids is 1. The molecule has 0 aliphatic carbocycles. The fourth-order valence-electron chi connectivity index (χ4n) is 0.944. The zero-order valence-corrected chi connectivity index (χ0v) is 7.39. The van der Waals surface area contributed by atoms with E-state index in [1.54, 1.807) is 0 Å². The van der Waals surface area contributed by atoms with Crippen LogP contribution in [0.5, 0.6) is 0 Å². The van der Waals surface area contributed by atoms with Crippen LogP contribution in [0.15, 0.2) is 0 Å². The molecule has 0 radical (unpaired) electrons. The monoisotopic (exact) mass is 192 g/mol. The molecule has 0 amide bonds. The van der Waals surface area contributed by atoms with Crippen molar-refractivity contribution in [2.75, 3.05) is 6.61 Å². The Morgan fingerprint density at radius 1 is 1.15 bits per heavy atom. The highest BCUT2D eigenvalue weighted by Crippen LogP contribution is 2.06. The Bertz CT molecular complexity index is 147. The van der Waals surface area contributed by atoms with Crippen molar-refractivity contribution in [3.63, 3.8) is 0 Å². The van der Waals surface area contributed by atoms with E-state index in [-0.39, 0.29) is 6.42 Å². The molecule has 78 valence electrons. The molecule has 0 saturated carbocycles. The average Bonchev–Trinajstić information content (AvgIpc) is 2.10. The molecule has 0 aromatic rings. The fraction of sp³-hybridized carbons (Fsp3) is 0.875. The predicted molar refractivity (Wildman–Crippen MR) is 45.2 cm³/mol. The van der Waals surface area contributed by atoms with Crippen LogP contribution in [-0.4, -0.2) is 45.2 Å². The molecule has 13 heavy (non-hydrogen) atoms. The summed E-state index contributed by atoms with van der Waals surface area (Å²) >= 11 is 0. The van der Waals surface area contributed by atoms with Gasteiger partial charge >= 0.3 is 5.97 Å². The van der Waals surface area contributed by atoms with Crippen LogP contribution in [0.2, 0.25) is 0 Å². The fourth-order valence-corrected chi connectivity index (χ4v) is 0.944. The second kappa shape index (κ2) is 6.82. The van der Waals surface area contributed by atoms with Gasteiger partial charge in [0.15, 0.2) is 0 Å². The Kier molecular flexibility index (Phi) is 6.48. The van der Waals surface area contributed by atoms with Crippen LogP contribution >= 0.6 is 0 Å². The van der Waals surface area contributed by atoms with Crippen molar-refractivity contribution < 1.29 is 25.2 Å². The highest BCUT2D eigenvalue weighted by atomic mass is 16.4. The van der Waals surface area contributed by atoms with E-state index in [4.69, 9.17) is 20.4 Å². The molecule has 4 N–H and O–H groups in total. The molecule has 1 unspecified atom stereocenters. The third-order valence-corrected chi connectivity index (χ3v) is 1.77. The van der Waals surface area contributed by atoms with Crippen LogP contribution in [0.1, 0.15) is 25.7 Å². The first-order valence-electron chi connectivity index (χ1n) is 4.26. The first-order chi connectivity index (χ1) is 6.07. The third-order valence-electron chi connectivity index (χ3n) is 1.77. The summed E-state index contributed by atoms with van der Waals surface area (Å²) in [6.45, 7) is -0.472. The van der Waals surface area contributed by atoms with Gasteiger partial charge in [0.1, 0.15) is 6.10 Å². The standard InChI is InChI=1S/C8H16O5/c9-5-7(11)6(10)3-1-2-4-8(12)13/h6-7,9-11H,1-5H2,(H,12,13)/t6?,7-/m0/s1. The van der Waals surface area contributed by atoms with Gasteiger partial charge in [0, 0.05) is 6.42 Å². The van der Waals surface area contributed by atoms with E-state index in [1.165, 1.54) is 0 Å². The van der Waals surface area contributed by atoms with E-state index in [0.29, 0.717) is 19.3 Å². The van der Waals surface area contributed by atoms with E-state index in [9.17, 15) is 4.79 Å². The molecular weight excluding hydrogens is 176 g/mol. The van der Waals surface area contributed by atoms with Crippen LogP contribution < -0.4 is 0 Å². The van der Waals surface area contributed by atoms with E-state index in [0.717, 1.165) is 0 Å². The SMILES string of the molecule is O=C(O)CCCCC(O)[C@@H](O)CO. The van der Waals surface area contributed by atoms with E-state index < -0.39 is 24.8 Å². The van der Waals surface area contributed by atoms with Crippen molar-refractivity contribution in [1.29, 1.82) is 0 Å². The maximum atomic E-state index is 10.1. The van der Waals surface area contributed by atoms with Crippen molar-refractivity contribution in [2.45, 2.75) is 37.9 Å². The van der Waals surface area contributed by atoms with Crippen molar-refractivity contribution in [1.82, 2.24) is 0 Å². The quantitative estimate of drug-likeness (QED) is 0.402. The molecule has 0 aromatic heterocycles. The third kappa shape index (κ3) is 6.51. The van der Waals surface area contributed by atoms with Gasteiger partial charge in [-0.1, -0.05) is 6.42 Å². The molecule has 0 bridgehead atoms. The van der Waals surface area contributed by atoms with Crippen molar-refractivity contribution >= 4 is 5.97 Å². The first-order valence-corrected chi connectivity index (χ1v) is 4.26. The molecule has 5 nitrogen and oxygen atoms in total. The Balaban J connectivity index is 3.36. The van der Waals surface area contributed by atoms with Gasteiger partial charge in [-0.15, -0.1) is 0 Å². The number of aliphatic hydroxyl groups is 3. The number of carboxylic acids is 1. The van der Waals surface area contributed by atoms with Crippen LogP contribution in [0, 0.1) is 0 Å². The topological polar surface area (TPSA) is 98.0 Å². The van der Waals surface area contributed by atoms with Gasteiger partial charge in [-0.2, -0.15) is 0 Å². The minimum Gasteiger partial charge on any atom is -0.481 e. The Morgan fingerprint density at radius 3 is 2.23 bits per heavy atom. The predicted octanol–water partition coefficient (Wildman–Crippen LogP) is -0.654. The lowest BCUT2D eigenvalue weighted by molar-refractivity contribution is -0.137. The lowest BCUT2D eigenvalue weighted by Gasteiger charge is -2.14. The van der Waals surface area contributed by atoms with E-state index in [1.807, 2.05) is 0 Å². The summed E-state index contributed by atoms with van der Waals surface area (Å²) in [5.74, 6) is -0.864. The second-order valence-electron chi connectivity index (χ2n) is 2.96. The summed E-state index contributed by atoms with van der Waals surface area (Å²) in [5, 5.41) is 34.8. The average molecular weight is 192 g/mol. The molecular formula is C8H16O5. The van der Waals surface area contributed by atoms with Gasteiger partial charge in [-0.25, -0.2) is 0 Å². The first kappa shape index (κ1) is 12.3. The lowest BCUT2D eigenvalue weighted by atomic mass is 10.1. The van der Waals surface area contributed by atoms with E-state index in [2.05, 4.69) is 0 Å². The molecule has 0 fully saturated rings. The maximum absolute atomic E-state index is 10.1. The highest BCUT2D eigenvalue weighted by Gasteiger charge is 2.14. The van der Waals surface area contributed by atoms with Crippen LogP contribution in [-0.2, 0) is 4.79 Å². The zero-order chi connectivity index (χ0) is 10.3. The Hall–Kier alpha value is -0.650.